The summed E-state index contributed by atoms with van der Waals surface area (Å²) in [7, 11) is 0. The van der Waals surface area contributed by atoms with E-state index in [1.807, 2.05) is 32.0 Å². The number of amides is 1. The fraction of sp³-hybridized carbons (Fsp3) is 0.529. The van der Waals surface area contributed by atoms with Crippen LogP contribution in [0.15, 0.2) is 18.2 Å². The van der Waals surface area contributed by atoms with Gasteiger partial charge in [-0.1, -0.05) is 18.2 Å². The number of aliphatic carboxylic acids is 1. The molecule has 0 radical (unpaired) electrons. The molecule has 0 bridgehead atoms. The van der Waals surface area contributed by atoms with Gasteiger partial charge in [-0.3, -0.25) is 4.79 Å². The van der Waals surface area contributed by atoms with E-state index in [2.05, 4.69) is 5.32 Å². The Balaban J connectivity index is 2.03. The Morgan fingerprint density at radius 3 is 2.59 bits per heavy atom. The number of hydrogen-bond donors (Lipinski definition) is 2. The van der Waals surface area contributed by atoms with Crippen molar-refractivity contribution in [3.8, 4) is 0 Å². The average Bonchev–Trinajstić information content (AvgIpc) is 2.49. The van der Waals surface area contributed by atoms with Crippen LogP contribution in [0.2, 0.25) is 0 Å². The van der Waals surface area contributed by atoms with Gasteiger partial charge in [0.05, 0.1) is 13.0 Å². The average molecular weight is 305 g/mol. The molecule has 1 fully saturated rings. The smallest absolute Gasteiger partial charge is 0.326 e. The van der Waals surface area contributed by atoms with E-state index in [1.165, 1.54) is 0 Å². The third-order valence-electron chi connectivity index (χ3n) is 4.23. The summed E-state index contributed by atoms with van der Waals surface area (Å²) in [6.45, 7) is 4.97. The van der Waals surface area contributed by atoms with Crippen LogP contribution in [0.25, 0.3) is 0 Å². The van der Waals surface area contributed by atoms with Crippen molar-refractivity contribution in [3.63, 3.8) is 0 Å². The maximum Gasteiger partial charge on any atom is 0.326 e. The first kappa shape index (κ1) is 16.5. The molecule has 1 aliphatic heterocycles. The molecule has 22 heavy (non-hydrogen) atoms. The van der Waals surface area contributed by atoms with Crippen LogP contribution in [0.1, 0.15) is 29.5 Å². The minimum absolute atomic E-state index is 0.159. The fourth-order valence-corrected chi connectivity index (χ4v) is 2.92. The number of carboxylic acid groups (broad SMARTS) is 1. The lowest BCUT2D eigenvalue weighted by Crippen LogP contribution is -2.48. The summed E-state index contributed by atoms with van der Waals surface area (Å²) < 4.78 is 5.34. The van der Waals surface area contributed by atoms with Gasteiger partial charge in [-0.15, -0.1) is 0 Å². The highest BCUT2D eigenvalue weighted by Gasteiger charge is 2.31. The van der Waals surface area contributed by atoms with Crippen LogP contribution in [0.5, 0.6) is 0 Å². The molecule has 2 N–H and O–H groups in total. The lowest BCUT2D eigenvalue weighted by atomic mass is 9.93. The van der Waals surface area contributed by atoms with Crippen molar-refractivity contribution in [2.24, 2.45) is 5.92 Å². The largest absolute Gasteiger partial charge is 0.480 e. The van der Waals surface area contributed by atoms with E-state index in [0.717, 1.165) is 29.5 Å². The quantitative estimate of drug-likeness (QED) is 0.870. The highest BCUT2D eigenvalue weighted by Crippen LogP contribution is 2.19. The predicted molar refractivity (Wildman–Crippen MR) is 82.7 cm³/mol. The normalized spacial score (nSPS) is 19.5. The Morgan fingerprint density at radius 1 is 1.36 bits per heavy atom. The Bertz CT molecular complexity index is 529. The summed E-state index contributed by atoms with van der Waals surface area (Å²) in [5, 5.41) is 12.0. The topological polar surface area (TPSA) is 75.6 Å². The van der Waals surface area contributed by atoms with Crippen molar-refractivity contribution in [3.05, 3.63) is 34.9 Å². The van der Waals surface area contributed by atoms with Gasteiger partial charge in [-0.05, 0) is 43.4 Å². The molecule has 2 atom stereocenters. The summed E-state index contributed by atoms with van der Waals surface area (Å²) in [5.74, 6) is -1.41. The van der Waals surface area contributed by atoms with Crippen LogP contribution < -0.4 is 5.32 Å². The third-order valence-corrected chi connectivity index (χ3v) is 4.23. The second kappa shape index (κ2) is 7.40. The molecule has 1 aromatic rings. The molecule has 0 spiro atoms. The van der Waals surface area contributed by atoms with Crippen LogP contribution in [0.4, 0.5) is 0 Å². The lowest BCUT2D eigenvalue weighted by molar-refractivity contribution is -0.145. The van der Waals surface area contributed by atoms with Crippen molar-refractivity contribution in [2.75, 3.05) is 13.2 Å². The van der Waals surface area contributed by atoms with Crippen molar-refractivity contribution in [2.45, 2.75) is 39.2 Å². The second-order valence-electron chi connectivity index (χ2n) is 5.91. The minimum atomic E-state index is -0.995. The highest BCUT2D eigenvalue weighted by molar-refractivity contribution is 5.85. The molecule has 2 unspecified atom stereocenters. The number of hydrogen-bond acceptors (Lipinski definition) is 3. The Kier molecular flexibility index (Phi) is 5.55. The summed E-state index contributed by atoms with van der Waals surface area (Å²) in [6.07, 6.45) is 1.80. The number of benzene rings is 1. The summed E-state index contributed by atoms with van der Waals surface area (Å²) >= 11 is 0. The Labute approximate surface area is 130 Å². The van der Waals surface area contributed by atoms with Crippen molar-refractivity contribution in [1.29, 1.82) is 0 Å². The van der Waals surface area contributed by atoms with Crippen molar-refractivity contribution >= 4 is 11.9 Å². The third kappa shape index (κ3) is 4.07. The van der Waals surface area contributed by atoms with Gasteiger partial charge in [0.25, 0.3) is 0 Å². The summed E-state index contributed by atoms with van der Waals surface area (Å²) in [5.41, 5.74) is 3.05. The zero-order valence-corrected chi connectivity index (χ0v) is 13.1. The zero-order chi connectivity index (χ0) is 16.1. The minimum Gasteiger partial charge on any atom is -0.480 e. The lowest BCUT2D eigenvalue weighted by Gasteiger charge is -2.28. The molecule has 1 amide bonds. The molecule has 1 aromatic carbocycles. The Hall–Kier alpha value is -1.88. The molecule has 120 valence electrons. The van der Waals surface area contributed by atoms with Crippen molar-refractivity contribution in [1.82, 2.24) is 5.32 Å². The van der Waals surface area contributed by atoms with Gasteiger partial charge in [-0.2, -0.15) is 0 Å². The number of nitrogens with one attached hydrogen (secondary N) is 1. The SMILES string of the molecule is Cc1cccc(C)c1CC(=O)NC(C(=O)O)C1CCCOC1. The molecule has 0 aliphatic carbocycles. The van der Waals surface area contributed by atoms with E-state index in [9.17, 15) is 14.7 Å². The molecule has 0 aromatic heterocycles. The number of carbonyl (C=O) groups is 2. The van der Waals surface area contributed by atoms with Gasteiger partial charge < -0.3 is 15.2 Å². The molecular weight excluding hydrogens is 282 g/mol. The zero-order valence-electron chi connectivity index (χ0n) is 13.1. The molecule has 0 saturated carbocycles. The number of ether oxygens (including phenoxy) is 1. The van der Waals surface area contributed by atoms with Gasteiger partial charge in [-0.25, -0.2) is 4.79 Å². The van der Waals surface area contributed by atoms with Crippen LogP contribution in [0.3, 0.4) is 0 Å². The maximum absolute atomic E-state index is 12.3. The van der Waals surface area contributed by atoms with Gasteiger partial charge in [0.2, 0.25) is 5.91 Å². The van der Waals surface area contributed by atoms with E-state index in [0.29, 0.717) is 13.2 Å². The van der Waals surface area contributed by atoms with E-state index in [4.69, 9.17) is 4.74 Å². The molecular formula is C17H23NO4. The van der Waals surface area contributed by atoms with Gasteiger partial charge in [0.15, 0.2) is 0 Å². The molecule has 2 rings (SSSR count). The monoisotopic (exact) mass is 305 g/mol. The van der Waals surface area contributed by atoms with Gasteiger partial charge in [0, 0.05) is 12.5 Å². The van der Waals surface area contributed by atoms with E-state index in [-0.39, 0.29) is 18.2 Å². The van der Waals surface area contributed by atoms with Crippen molar-refractivity contribution < 1.29 is 19.4 Å². The summed E-state index contributed by atoms with van der Waals surface area (Å²) in [4.78, 5) is 23.7. The van der Waals surface area contributed by atoms with E-state index in [1.54, 1.807) is 0 Å². The first-order valence-electron chi connectivity index (χ1n) is 7.64. The first-order chi connectivity index (χ1) is 10.5. The summed E-state index contributed by atoms with van der Waals surface area (Å²) in [6, 6.07) is 4.99. The first-order valence-corrected chi connectivity index (χ1v) is 7.64. The van der Waals surface area contributed by atoms with Crippen LogP contribution >= 0.6 is 0 Å². The number of aryl methyl sites for hydroxylation is 2. The molecule has 1 aliphatic rings. The molecule has 1 saturated heterocycles. The standard InChI is InChI=1S/C17H23NO4/c1-11-5-3-6-12(2)14(11)9-15(19)18-16(17(20)21)13-7-4-8-22-10-13/h3,5-6,13,16H,4,7-10H2,1-2H3,(H,18,19)(H,20,21). The van der Waals surface area contributed by atoms with Gasteiger partial charge >= 0.3 is 5.97 Å². The number of carbonyl (C=O) groups excluding carboxylic acids is 1. The van der Waals surface area contributed by atoms with Gasteiger partial charge in [0.1, 0.15) is 6.04 Å². The predicted octanol–water partition coefficient (Wildman–Crippen LogP) is 1.84. The highest BCUT2D eigenvalue weighted by atomic mass is 16.5. The molecule has 5 heteroatoms. The van der Waals surface area contributed by atoms with Crippen LogP contribution in [-0.4, -0.2) is 36.2 Å². The second-order valence-corrected chi connectivity index (χ2v) is 5.91. The van der Waals surface area contributed by atoms with Crippen LogP contribution in [0, 0.1) is 19.8 Å². The van der Waals surface area contributed by atoms with Crippen LogP contribution in [-0.2, 0) is 20.7 Å². The maximum atomic E-state index is 12.3. The number of rotatable bonds is 5. The van der Waals surface area contributed by atoms with E-state index < -0.39 is 12.0 Å². The Morgan fingerprint density at radius 2 is 2.05 bits per heavy atom. The van der Waals surface area contributed by atoms with E-state index >= 15 is 0 Å². The molecule has 1 heterocycles. The fourth-order valence-electron chi connectivity index (χ4n) is 2.92. The number of carboxylic acids is 1. The molecule has 5 nitrogen and oxygen atoms in total.